The van der Waals surface area contributed by atoms with Gasteiger partial charge in [-0.1, -0.05) is 19.1 Å². The lowest BCUT2D eigenvalue weighted by molar-refractivity contribution is 0.0525. The lowest BCUT2D eigenvalue weighted by atomic mass is 10.1. The molecule has 0 aliphatic carbocycles. The molecule has 0 heterocycles. The molecule has 0 atom stereocenters. The largest absolute Gasteiger partial charge is 0.462 e. The third kappa shape index (κ3) is 2.97. The van der Waals surface area contributed by atoms with E-state index in [9.17, 15) is 10.0 Å². The number of anilines is 1. The van der Waals surface area contributed by atoms with Gasteiger partial charge in [-0.05, 0) is 25.5 Å². The number of nitrogens with zero attached hydrogens (tertiary/aromatic N) is 1. The van der Waals surface area contributed by atoms with E-state index in [1.807, 2.05) is 6.92 Å². The fraction of sp³-hybridized carbons (Fsp3) is 0.417. The van der Waals surface area contributed by atoms with Crippen molar-refractivity contribution in [2.45, 2.75) is 20.3 Å². The smallest absolute Gasteiger partial charge is 0.340 e. The summed E-state index contributed by atoms with van der Waals surface area (Å²) < 4.78 is 4.92. The average Bonchev–Trinajstić information content (AvgIpc) is 2.30. The maximum absolute atomic E-state index is 11.6. The number of esters is 1. The van der Waals surface area contributed by atoms with Crippen LogP contribution in [0, 0.1) is 0 Å². The van der Waals surface area contributed by atoms with E-state index in [-0.39, 0.29) is 0 Å². The summed E-state index contributed by atoms with van der Waals surface area (Å²) in [4.78, 5) is 11.6. The molecule has 0 amide bonds. The van der Waals surface area contributed by atoms with Gasteiger partial charge >= 0.3 is 5.97 Å². The first-order valence-corrected chi connectivity index (χ1v) is 5.43. The molecule has 0 saturated heterocycles. The van der Waals surface area contributed by atoms with Crippen LogP contribution in [0.25, 0.3) is 0 Å². The van der Waals surface area contributed by atoms with Gasteiger partial charge in [0.1, 0.15) is 0 Å². The summed E-state index contributed by atoms with van der Waals surface area (Å²) in [6.07, 6.45) is 0.799. The number of para-hydroxylation sites is 1. The maximum atomic E-state index is 11.6. The molecular formula is C12H17NO3. The van der Waals surface area contributed by atoms with Gasteiger partial charge in [-0.2, -0.15) is 0 Å². The summed E-state index contributed by atoms with van der Waals surface area (Å²) in [5.41, 5.74) is 0.878. The predicted octanol–water partition coefficient (Wildman–Crippen LogP) is 2.47. The maximum Gasteiger partial charge on any atom is 0.340 e. The monoisotopic (exact) mass is 223 g/mol. The van der Waals surface area contributed by atoms with Crippen molar-refractivity contribution < 1.29 is 14.7 Å². The molecule has 0 radical (unpaired) electrons. The zero-order chi connectivity index (χ0) is 12.0. The van der Waals surface area contributed by atoms with Crippen LogP contribution in [0.2, 0.25) is 0 Å². The van der Waals surface area contributed by atoms with Crippen LogP contribution in [0.1, 0.15) is 30.6 Å². The highest BCUT2D eigenvalue weighted by molar-refractivity contribution is 5.95. The summed E-state index contributed by atoms with van der Waals surface area (Å²) >= 11 is 0. The van der Waals surface area contributed by atoms with Crippen molar-refractivity contribution in [2.24, 2.45) is 0 Å². The Hall–Kier alpha value is -1.55. The van der Waals surface area contributed by atoms with Crippen LogP contribution in [0.5, 0.6) is 0 Å². The second-order valence-corrected chi connectivity index (χ2v) is 3.36. The molecule has 0 unspecified atom stereocenters. The lowest BCUT2D eigenvalue weighted by Gasteiger charge is -2.18. The Kier molecular flexibility index (Phi) is 4.79. The standard InChI is InChI=1S/C12H17NO3/c1-3-9-13(15)11-8-6-5-7-10(11)12(14)16-4-2/h5-8,15H,3-4,9H2,1-2H3. The summed E-state index contributed by atoms with van der Waals surface area (Å²) in [7, 11) is 0. The van der Waals surface area contributed by atoms with E-state index in [4.69, 9.17) is 4.74 Å². The molecule has 4 heteroatoms. The van der Waals surface area contributed by atoms with Crippen molar-refractivity contribution in [3.8, 4) is 0 Å². The molecule has 1 aromatic carbocycles. The highest BCUT2D eigenvalue weighted by Gasteiger charge is 2.15. The van der Waals surface area contributed by atoms with E-state index in [2.05, 4.69) is 0 Å². The molecule has 0 aliphatic heterocycles. The Morgan fingerprint density at radius 2 is 2.06 bits per heavy atom. The van der Waals surface area contributed by atoms with Crippen molar-refractivity contribution in [2.75, 3.05) is 18.2 Å². The number of hydrogen-bond donors (Lipinski definition) is 1. The number of rotatable bonds is 5. The first-order chi connectivity index (χ1) is 7.70. The van der Waals surface area contributed by atoms with E-state index in [0.717, 1.165) is 11.5 Å². The van der Waals surface area contributed by atoms with Crippen molar-refractivity contribution in [1.82, 2.24) is 0 Å². The van der Waals surface area contributed by atoms with E-state index in [1.54, 1.807) is 31.2 Å². The van der Waals surface area contributed by atoms with Crippen LogP contribution in [0.15, 0.2) is 24.3 Å². The highest BCUT2D eigenvalue weighted by Crippen LogP contribution is 2.19. The van der Waals surface area contributed by atoms with Crippen molar-refractivity contribution in [1.29, 1.82) is 0 Å². The number of ether oxygens (including phenoxy) is 1. The first-order valence-electron chi connectivity index (χ1n) is 5.43. The summed E-state index contributed by atoms with van der Waals surface area (Å²) in [5.74, 6) is -0.409. The molecule has 4 nitrogen and oxygen atoms in total. The number of carbonyl (C=O) groups excluding carboxylic acids is 1. The Bertz CT molecular complexity index is 352. The quantitative estimate of drug-likeness (QED) is 0.615. The van der Waals surface area contributed by atoms with Gasteiger partial charge in [-0.15, -0.1) is 0 Å². The Labute approximate surface area is 95.4 Å². The fourth-order valence-corrected chi connectivity index (χ4v) is 1.41. The molecule has 0 spiro atoms. The van der Waals surface area contributed by atoms with Gasteiger partial charge in [0.2, 0.25) is 0 Å². The van der Waals surface area contributed by atoms with Crippen LogP contribution in [-0.2, 0) is 4.74 Å². The molecule has 0 aromatic heterocycles. The average molecular weight is 223 g/mol. The first kappa shape index (κ1) is 12.5. The second-order valence-electron chi connectivity index (χ2n) is 3.36. The Morgan fingerprint density at radius 3 is 2.69 bits per heavy atom. The summed E-state index contributed by atoms with van der Waals surface area (Å²) in [6.45, 7) is 4.52. The minimum atomic E-state index is -0.409. The summed E-state index contributed by atoms with van der Waals surface area (Å²) in [6, 6.07) is 6.86. The minimum absolute atomic E-state index is 0.326. The van der Waals surface area contributed by atoms with Crippen molar-refractivity contribution in [3.05, 3.63) is 29.8 Å². The number of hydroxylamine groups is 1. The normalized spacial score (nSPS) is 9.94. The van der Waals surface area contributed by atoms with E-state index in [1.165, 1.54) is 0 Å². The van der Waals surface area contributed by atoms with Gasteiger partial charge in [0.05, 0.1) is 17.9 Å². The Balaban J connectivity index is 2.95. The Morgan fingerprint density at radius 1 is 1.38 bits per heavy atom. The molecule has 0 bridgehead atoms. The SMILES string of the molecule is CCCN(O)c1ccccc1C(=O)OCC. The molecule has 16 heavy (non-hydrogen) atoms. The minimum Gasteiger partial charge on any atom is -0.462 e. The van der Waals surface area contributed by atoms with Gasteiger partial charge in [0.15, 0.2) is 0 Å². The van der Waals surface area contributed by atoms with E-state index < -0.39 is 5.97 Å². The molecule has 1 rings (SSSR count). The highest BCUT2D eigenvalue weighted by atomic mass is 16.5. The zero-order valence-electron chi connectivity index (χ0n) is 9.64. The molecule has 88 valence electrons. The van der Waals surface area contributed by atoms with Gasteiger partial charge in [-0.25, -0.2) is 4.79 Å². The molecule has 0 fully saturated rings. The van der Waals surface area contributed by atoms with Crippen molar-refractivity contribution >= 4 is 11.7 Å². The number of carbonyl (C=O) groups is 1. The van der Waals surface area contributed by atoms with E-state index >= 15 is 0 Å². The van der Waals surface area contributed by atoms with Crippen LogP contribution < -0.4 is 5.06 Å². The molecule has 1 aromatic rings. The number of hydrogen-bond acceptors (Lipinski definition) is 4. The molecular weight excluding hydrogens is 206 g/mol. The number of benzene rings is 1. The molecule has 0 aliphatic rings. The van der Waals surface area contributed by atoms with E-state index in [0.29, 0.717) is 24.4 Å². The van der Waals surface area contributed by atoms with Crippen LogP contribution >= 0.6 is 0 Å². The van der Waals surface area contributed by atoms with Crippen LogP contribution in [0.3, 0.4) is 0 Å². The molecule has 1 N–H and O–H groups in total. The topological polar surface area (TPSA) is 49.8 Å². The van der Waals surface area contributed by atoms with Crippen LogP contribution in [-0.4, -0.2) is 24.3 Å². The fourth-order valence-electron chi connectivity index (χ4n) is 1.41. The van der Waals surface area contributed by atoms with Crippen LogP contribution in [0.4, 0.5) is 5.69 Å². The van der Waals surface area contributed by atoms with Crippen molar-refractivity contribution in [3.63, 3.8) is 0 Å². The second kappa shape index (κ2) is 6.12. The third-order valence-corrected chi connectivity index (χ3v) is 2.11. The van der Waals surface area contributed by atoms with Gasteiger partial charge < -0.3 is 4.74 Å². The lowest BCUT2D eigenvalue weighted by Crippen LogP contribution is -2.22. The predicted molar refractivity (Wildman–Crippen MR) is 61.8 cm³/mol. The zero-order valence-corrected chi connectivity index (χ0v) is 9.64. The molecule has 0 saturated carbocycles. The third-order valence-electron chi connectivity index (χ3n) is 2.11. The van der Waals surface area contributed by atoms with Gasteiger partial charge in [0, 0.05) is 6.54 Å². The van der Waals surface area contributed by atoms with Gasteiger partial charge in [0.25, 0.3) is 0 Å². The summed E-state index contributed by atoms with van der Waals surface area (Å²) in [5, 5.41) is 10.8. The van der Waals surface area contributed by atoms with Gasteiger partial charge in [-0.3, -0.25) is 10.3 Å².